The van der Waals surface area contributed by atoms with Crippen molar-refractivity contribution < 1.29 is 31.1 Å². The summed E-state index contributed by atoms with van der Waals surface area (Å²) < 4.78 is 79.0. The van der Waals surface area contributed by atoms with E-state index in [1.807, 2.05) is 6.07 Å². The second-order valence-electron chi connectivity index (χ2n) is 8.31. The molecule has 2 unspecified atom stereocenters. The van der Waals surface area contributed by atoms with Gasteiger partial charge in [-0.1, -0.05) is 0 Å². The molecule has 1 N–H and O–H groups in total. The number of anilines is 1. The van der Waals surface area contributed by atoms with Gasteiger partial charge in [0, 0.05) is 23.7 Å². The van der Waals surface area contributed by atoms with E-state index in [0.717, 1.165) is 12.1 Å². The molecule has 2 amide bonds. The highest BCUT2D eigenvalue weighted by atomic mass is 19.4. The van der Waals surface area contributed by atoms with Crippen molar-refractivity contribution in [1.29, 1.82) is 5.26 Å². The van der Waals surface area contributed by atoms with Crippen LogP contribution in [-0.4, -0.2) is 29.2 Å². The summed E-state index contributed by atoms with van der Waals surface area (Å²) in [6, 6.07) is 3.64. The van der Waals surface area contributed by atoms with Gasteiger partial charge >= 0.3 is 18.4 Å². The maximum Gasteiger partial charge on any atom is 0.416 e. The number of nitriles is 1. The Hall–Kier alpha value is -2.44. The number of amides is 2. The Kier molecular flexibility index (Phi) is 4.90. The Bertz CT molecular complexity index is 878. The largest absolute Gasteiger partial charge is 0.416 e. The third kappa shape index (κ3) is 3.59. The van der Waals surface area contributed by atoms with Crippen LogP contribution in [0.4, 0.5) is 36.8 Å². The molecule has 3 fully saturated rings. The van der Waals surface area contributed by atoms with Crippen LogP contribution in [0.15, 0.2) is 18.2 Å². The highest BCUT2D eigenvalue weighted by molar-refractivity contribution is 5.90. The molecule has 4 atom stereocenters. The fraction of sp³-hybridized carbons (Fsp3) is 0.600. The monoisotopic (exact) mass is 431 g/mol. The third-order valence-corrected chi connectivity index (χ3v) is 6.59. The molecular formula is C20H19F6N3O. The molecule has 2 bridgehead atoms. The van der Waals surface area contributed by atoms with Gasteiger partial charge in [-0.2, -0.15) is 31.6 Å². The fourth-order valence-electron chi connectivity index (χ4n) is 4.89. The molecule has 4 rings (SSSR count). The Morgan fingerprint density at radius 3 is 2.23 bits per heavy atom. The number of benzene rings is 1. The molecule has 2 saturated carbocycles. The van der Waals surface area contributed by atoms with Crippen LogP contribution in [-0.2, 0) is 6.18 Å². The smallest absolute Gasteiger partial charge is 0.318 e. The van der Waals surface area contributed by atoms with E-state index in [1.54, 1.807) is 0 Å². The Labute approximate surface area is 168 Å². The van der Waals surface area contributed by atoms with Crippen LogP contribution in [0.2, 0.25) is 0 Å². The summed E-state index contributed by atoms with van der Waals surface area (Å²) in [6.45, 7) is 0. The quantitative estimate of drug-likeness (QED) is 0.614. The number of carbonyl (C=O) groups excluding carboxylic acids is 1. The number of rotatable bonds is 2. The van der Waals surface area contributed by atoms with Crippen LogP contribution in [0.3, 0.4) is 0 Å². The van der Waals surface area contributed by atoms with Crippen molar-refractivity contribution in [2.24, 2.45) is 11.8 Å². The normalized spacial score (nSPS) is 30.7. The zero-order valence-electron chi connectivity index (χ0n) is 15.7. The van der Waals surface area contributed by atoms with Gasteiger partial charge in [0.15, 0.2) is 0 Å². The van der Waals surface area contributed by atoms with E-state index in [-0.39, 0.29) is 24.1 Å². The van der Waals surface area contributed by atoms with Crippen LogP contribution >= 0.6 is 0 Å². The van der Waals surface area contributed by atoms with Crippen molar-refractivity contribution in [1.82, 2.24) is 4.90 Å². The molecule has 10 heteroatoms. The van der Waals surface area contributed by atoms with Crippen molar-refractivity contribution in [2.75, 3.05) is 5.32 Å². The molecule has 1 saturated heterocycles. The molecule has 1 heterocycles. The van der Waals surface area contributed by atoms with Gasteiger partial charge in [-0.3, -0.25) is 0 Å². The first-order valence-electron chi connectivity index (χ1n) is 9.76. The first kappa shape index (κ1) is 20.8. The van der Waals surface area contributed by atoms with Crippen molar-refractivity contribution in [2.45, 2.75) is 62.5 Å². The number of hydrogen-bond donors (Lipinski definition) is 1. The van der Waals surface area contributed by atoms with Gasteiger partial charge < -0.3 is 10.2 Å². The van der Waals surface area contributed by atoms with Crippen LogP contribution in [0.25, 0.3) is 0 Å². The molecule has 2 aliphatic carbocycles. The van der Waals surface area contributed by atoms with Crippen LogP contribution < -0.4 is 5.32 Å². The van der Waals surface area contributed by atoms with Crippen LogP contribution in [0.1, 0.15) is 49.1 Å². The molecule has 1 aromatic carbocycles. The minimum atomic E-state index is -4.59. The Morgan fingerprint density at radius 1 is 1.07 bits per heavy atom. The lowest BCUT2D eigenvalue weighted by molar-refractivity contribution is -0.205. The minimum Gasteiger partial charge on any atom is -0.318 e. The molecule has 4 nitrogen and oxygen atoms in total. The zero-order valence-corrected chi connectivity index (χ0v) is 15.7. The minimum absolute atomic E-state index is 0.0287. The lowest BCUT2D eigenvalue weighted by atomic mass is 9.69. The zero-order chi connectivity index (χ0) is 21.8. The number of halogens is 6. The summed E-state index contributed by atoms with van der Waals surface area (Å²) in [5.74, 6) is -2.49. The second kappa shape index (κ2) is 7.06. The Balaban J connectivity index is 1.50. The van der Waals surface area contributed by atoms with E-state index in [2.05, 4.69) is 5.32 Å². The number of piperidine rings is 1. The van der Waals surface area contributed by atoms with Gasteiger partial charge in [0.2, 0.25) is 0 Å². The molecule has 30 heavy (non-hydrogen) atoms. The molecule has 3 aliphatic rings. The number of alkyl halides is 6. The molecule has 0 spiro atoms. The average Bonchev–Trinajstić information content (AvgIpc) is 2.59. The van der Waals surface area contributed by atoms with E-state index in [4.69, 9.17) is 5.26 Å². The van der Waals surface area contributed by atoms with Gasteiger partial charge in [0.05, 0.1) is 23.5 Å². The summed E-state index contributed by atoms with van der Waals surface area (Å²) >= 11 is 0. The van der Waals surface area contributed by atoms with Gasteiger partial charge in [-0.15, -0.1) is 0 Å². The second-order valence-corrected chi connectivity index (χ2v) is 8.31. The van der Waals surface area contributed by atoms with E-state index in [1.165, 1.54) is 11.0 Å². The summed E-state index contributed by atoms with van der Waals surface area (Å²) in [7, 11) is 0. The molecule has 1 aliphatic heterocycles. The van der Waals surface area contributed by atoms with Crippen LogP contribution in [0.5, 0.6) is 0 Å². The van der Waals surface area contributed by atoms with E-state index in [0.29, 0.717) is 19.3 Å². The van der Waals surface area contributed by atoms with Crippen molar-refractivity contribution in [3.05, 3.63) is 29.3 Å². The molecule has 0 aromatic heterocycles. The lowest BCUT2D eigenvalue weighted by Gasteiger charge is -2.55. The van der Waals surface area contributed by atoms with E-state index < -0.39 is 53.8 Å². The number of nitrogens with zero attached hydrogens (tertiary/aromatic N) is 2. The SMILES string of the molecule is N#C[C@H]1CC[C@H]1c1cc(NC(=O)N2C3CC2CC(C(F)(F)F)C3)ccc1C(F)(F)F. The summed E-state index contributed by atoms with van der Waals surface area (Å²) in [6.07, 6.45) is -7.71. The highest BCUT2D eigenvalue weighted by Crippen LogP contribution is 2.49. The average molecular weight is 431 g/mol. The molecular weight excluding hydrogens is 412 g/mol. The summed E-state index contributed by atoms with van der Waals surface area (Å²) in [5, 5.41) is 11.7. The van der Waals surface area contributed by atoms with Crippen molar-refractivity contribution >= 4 is 11.7 Å². The topological polar surface area (TPSA) is 56.1 Å². The number of nitrogens with one attached hydrogen (secondary N) is 1. The fourth-order valence-corrected chi connectivity index (χ4v) is 4.89. The highest BCUT2D eigenvalue weighted by Gasteiger charge is 2.54. The van der Waals surface area contributed by atoms with Gasteiger partial charge in [0.25, 0.3) is 0 Å². The van der Waals surface area contributed by atoms with E-state index >= 15 is 0 Å². The van der Waals surface area contributed by atoms with Gasteiger partial charge in [-0.25, -0.2) is 4.79 Å². The lowest BCUT2D eigenvalue weighted by Crippen LogP contribution is -2.65. The first-order chi connectivity index (χ1) is 14.0. The maximum atomic E-state index is 13.4. The number of fused-ring (bicyclic) bond motifs is 2. The number of urea groups is 1. The predicted octanol–water partition coefficient (Wildman–Crippen LogP) is 5.67. The molecule has 1 aromatic rings. The summed E-state index contributed by atoms with van der Waals surface area (Å²) in [4.78, 5) is 14.0. The number of carbonyl (C=O) groups is 1. The van der Waals surface area contributed by atoms with E-state index in [9.17, 15) is 31.1 Å². The van der Waals surface area contributed by atoms with Gasteiger partial charge in [-0.05, 0) is 55.9 Å². The number of hydrogen-bond acceptors (Lipinski definition) is 2. The molecule has 0 radical (unpaired) electrons. The van der Waals surface area contributed by atoms with Crippen LogP contribution in [0, 0.1) is 23.2 Å². The van der Waals surface area contributed by atoms with Gasteiger partial charge in [0.1, 0.15) is 0 Å². The standard InChI is InChI=1S/C20H19F6N3O/c21-19(22,23)11-5-13-8-14(6-11)29(13)18(30)28-12-2-4-17(20(24,25)26)16(7-12)15-3-1-10(15)9-27/h2,4,7,10-11,13-15H,1,3,5-6,8H2,(H,28,30)/t10-,11?,13?,14?,15-/m1/s1. The van der Waals surface area contributed by atoms with Crippen molar-refractivity contribution in [3.63, 3.8) is 0 Å². The predicted molar refractivity (Wildman–Crippen MR) is 94.4 cm³/mol. The number of likely N-dealkylation sites (tertiary alicyclic amines) is 1. The molecule has 162 valence electrons. The Morgan fingerprint density at radius 2 is 1.73 bits per heavy atom. The summed E-state index contributed by atoms with van der Waals surface area (Å²) in [5.41, 5.74) is -0.720. The third-order valence-electron chi connectivity index (χ3n) is 6.59. The van der Waals surface area contributed by atoms with Crippen molar-refractivity contribution in [3.8, 4) is 6.07 Å². The first-order valence-corrected chi connectivity index (χ1v) is 9.76. The maximum absolute atomic E-state index is 13.4.